The Hall–Kier alpha value is -2.81. The van der Waals surface area contributed by atoms with Crippen LogP contribution in [0.15, 0.2) is 77.6 Å². The van der Waals surface area contributed by atoms with E-state index in [4.69, 9.17) is 21.3 Å². The molecule has 1 atom stereocenters. The number of rotatable bonds is 8. The number of nitrogens with zero attached hydrogens (tertiary/aromatic N) is 2. The zero-order valence-electron chi connectivity index (χ0n) is 23.9. The third-order valence-electron chi connectivity index (χ3n) is 7.84. The van der Waals surface area contributed by atoms with Gasteiger partial charge in [0, 0.05) is 29.7 Å². The van der Waals surface area contributed by atoms with Crippen LogP contribution in [0.25, 0.3) is 0 Å². The largest absolute Gasteiger partial charge is 0.444 e. The average Bonchev–Trinajstić information content (AvgIpc) is 2.87. The summed E-state index contributed by atoms with van der Waals surface area (Å²) in [6.45, 7) is 17.8. The first-order valence-corrected chi connectivity index (χ1v) is 13.9. The van der Waals surface area contributed by atoms with Crippen molar-refractivity contribution in [3.05, 3.63) is 88.8 Å². The molecule has 3 rings (SSSR count). The van der Waals surface area contributed by atoms with Gasteiger partial charge in [0.1, 0.15) is 5.60 Å². The second kappa shape index (κ2) is 12.4. The predicted molar refractivity (Wildman–Crippen MR) is 159 cm³/mol. The van der Waals surface area contributed by atoms with Gasteiger partial charge in [-0.1, -0.05) is 81.4 Å². The molecule has 1 fully saturated rings. The normalized spacial score (nSPS) is 16.7. The lowest BCUT2D eigenvalue weighted by Gasteiger charge is -2.42. The Kier molecular flexibility index (Phi) is 9.68. The van der Waals surface area contributed by atoms with Gasteiger partial charge in [-0.25, -0.2) is 4.79 Å². The van der Waals surface area contributed by atoms with Crippen molar-refractivity contribution in [2.45, 2.75) is 78.2 Å². The van der Waals surface area contributed by atoms with Crippen LogP contribution in [0.3, 0.4) is 0 Å². The van der Waals surface area contributed by atoms with Gasteiger partial charge in [0.2, 0.25) is 0 Å². The fraction of sp³-hybridized carbons (Fsp3) is 0.485. The average molecular weight is 535 g/mol. The highest BCUT2D eigenvalue weighted by Gasteiger charge is 2.41. The third-order valence-corrected chi connectivity index (χ3v) is 8.09. The molecule has 1 saturated heterocycles. The van der Waals surface area contributed by atoms with E-state index in [0.717, 1.165) is 36.4 Å². The van der Waals surface area contributed by atoms with Crippen molar-refractivity contribution in [3.8, 4) is 0 Å². The first kappa shape index (κ1) is 29.7. The Labute approximate surface area is 234 Å². The van der Waals surface area contributed by atoms with Crippen LogP contribution in [0.4, 0.5) is 4.79 Å². The summed E-state index contributed by atoms with van der Waals surface area (Å²) >= 11 is 6.06. The molecule has 0 spiro atoms. The number of benzene rings is 2. The number of carbonyl (C=O) groups is 1. The van der Waals surface area contributed by atoms with Gasteiger partial charge in [-0.3, -0.25) is 4.99 Å². The van der Waals surface area contributed by atoms with E-state index in [9.17, 15) is 4.79 Å². The highest BCUT2D eigenvalue weighted by Crippen LogP contribution is 2.42. The topological polar surface area (TPSA) is 41.9 Å². The van der Waals surface area contributed by atoms with Crippen LogP contribution in [0.2, 0.25) is 5.02 Å². The minimum Gasteiger partial charge on any atom is -0.444 e. The maximum Gasteiger partial charge on any atom is 0.410 e. The summed E-state index contributed by atoms with van der Waals surface area (Å²) < 4.78 is 5.63. The lowest BCUT2D eigenvalue weighted by molar-refractivity contribution is 0.0178. The molecule has 0 bridgehead atoms. The van der Waals surface area contributed by atoms with E-state index in [2.05, 4.69) is 69.5 Å². The number of hydrogen-bond donors (Lipinski definition) is 0. The van der Waals surface area contributed by atoms with Crippen LogP contribution < -0.4 is 0 Å². The molecule has 4 nitrogen and oxygen atoms in total. The standard InChI is InChI=1S/C33H43ClN2O2/c1-8-29(35-21-18-32(6,7)25(2)24-26-14-16-28(34)17-15-26)33(27-12-10-9-11-13-27)19-22-36(23-20-33)30(37)38-31(3,4)5/h9-17,21,25H,1,18-20,22-24H2,2-7H3/b35-21+. The van der Waals surface area contributed by atoms with Gasteiger partial charge in [0.25, 0.3) is 0 Å². The molecular weight excluding hydrogens is 492 g/mol. The van der Waals surface area contributed by atoms with Crippen LogP contribution in [0.1, 0.15) is 71.9 Å². The molecule has 1 amide bonds. The number of allylic oxidation sites excluding steroid dienone is 1. The third kappa shape index (κ3) is 7.62. The Morgan fingerprint density at radius 3 is 2.26 bits per heavy atom. The molecule has 0 aliphatic carbocycles. The van der Waals surface area contributed by atoms with Gasteiger partial charge < -0.3 is 9.64 Å². The quantitative estimate of drug-likeness (QED) is 0.251. The van der Waals surface area contributed by atoms with E-state index < -0.39 is 5.60 Å². The molecule has 1 aliphatic heterocycles. The molecule has 38 heavy (non-hydrogen) atoms. The fourth-order valence-corrected chi connectivity index (χ4v) is 5.10. The number of likely N-dealkylation sites (tertiary alicyclic amines) is 1. The molecular formula is C33H43ClN2O2. The zero-order valence-corrected chi connectivity index (χ0v) is 24.6. The van der Waals surface area contributed by atoms with Crippen molar-refractivity contribution >= 4 is 23.9 Å². The number of amides is 1. The van der Waals surface area contributed by atoms with Crippen molar-refractivity contribution in [1.82, 2.24) is 4.90 Å². The SMILES string of the molecule is C=C=C(/N=C/CC(C)(C)C(C)Cc1ccc(Cl)cc1)C1(c2ccccc2)CCN(C(=O)OC(C)(C)C)CC1. The number of hydrogen-bond acceptors (Lipinski definition) is 3. The van der Waals surface area contributed by atoms with Gasteiger partial charge in [-0.2, -0.15) is 0 Å². The molecule has 2 aromatic rings. The van der Waals surface area contributed by atoms with Gasteiger partial charge in [0.15, 0.2) is 0 Å². The van der Waals surface area contributed by atoms with Gasteiger partial charge in [-0.15, -0.1) is 5.73 Å². The molecule has 1 aliphatic rings. The van der Waals surface area contributed by atoms with E-state index in [1.165, 1.54) is 11.1 Å². The molecule has 1 heterocycles. The lowest BCUT2D eigenvalue weighted by Crippen LogP contribution is -2.47. The Bertz CT molecular complexity index is 1150. The number of carbonyl (C=O) groups excluding carboxylic acids is 1. The highest BCUT2D eigenvalue weighted by atomic mass is 35.5. The van der Waals surface area contributed by atoms with E-state index in [-0.39, 0.29) is 16.9 Å². The smallest absolute Gasteiger partial charge is 0.410 e. The molecule has 5 heteroatoms. The number of halogens is 1. The molecule has 0 saturated carbocycles. The monoisotopic (exact) mass is 534 g/mol. The molecule has 2 aromatic carbocycles. The van der Waals surface area contributed by atoms with Crippen molar-refractivity contribution in [2.24, 2.45) is 16.3 Å². The van der Waals surface area contributed by atoms with Gasteiger partial charge in [0.05, 0.1) is 5.70 Å². The van der Waals surface area contributed by atoms with Crippen LogP contribution in [-0.2, 0) is 16.6 Å². The first-order chi connectivity index (χ1) is 17.9. The summed E-state index contributed by atoms with van der Waals surface area (Å²) in [6, 6.07) is 18.6. The zero-order chi connectivity index (χ0) is 28.0. The summed E-state index contributed by atoms with van der Waals surface area (Å²) in [4.78, 5) is 19.5. The fourth-order valence-electron chi connectivity index (χ4n) is 4.98. The number of aliphatic imine (C=N–C) groups is 1. The summed E-state index contributed by atoms with van der Waals surface area (Å²) in [5.74, 6) is 0.450. The molecule has 0 radical (unpaired) electrons. The Morgan fingerprint density at radius 2 is 1.71 bits per heavy atom. The molecule has 0 N–H and O–H groups in total. The maximum atomic E-state index is 12.7. The van der Waals surface area contributed by atoms with Gasteiger partial charge >= 0.3 is 6.09 Å². The molecule has 0 aromatic heterocycles. The first-order valence-electron chi connectivity index (χ1n) is 13.6. The van der Waals surface area contributed by atoms with Crippen molar-refractivity contribution < 1.29 is 9.53 Å². The van der Waals surface area contributed by atoms with Crippen LogP contribution in [0.5, 0.6) is 0 Å². The number of ether oxygens (including phenoxy) is 1. The lowest BCUT2D eigenvalue weighted by atomic mass is 9.70. The minimum atomic E-state index is -0.515. The Balaban J connectivity index is 1.76. The Morgan fingerprint density at radius 1 is 1.11 bits per heavy atom. The molecule has 204 valence electrons. The maximum absolute atomic E-state index is 12.7. The summed E-state index contributed by atoms with van der Waals surface area (Å²) in [6.07, 6.45) is 5.07. The van der Waals surface area contributed by atoms with E-state index in [1.807, 2.05) is 45.2 Å². The second-order valence-electron chi connectivity index (χ2n) is 12.2. The highest BCUT2D eigenvalue weighted by molar-refractivity contribution is 6.30. The summed E-state index contributed by atoms with van der Waals surface area (Å²) in [7, 11) is 0. The van der Waals surface area contributed by atoms with E-state index >= 15 is 0 Å². The summed E-state index contributed by atoms with van der Waals surface area (Å²) in [5, 5.41) is 0.765. The van der Waals surface area contributed by atoms with Crippen LogP contribution >= 0.6 is 11.6 Å². The van der Waals surface area contributed by atoms with E-state index in [1.54, 1.807) is 4.90 Å². The van der Waals surface area contributed by atoms with E-state index in [0.29, 0.717) is 19.0 Å². The minimum absolute atomic E-state index is 0.0510. The van der Waals surface area contributed by atoms with Crippen molar-refractivity contribution in [3.63, 3.8) is 0 Å². The second-order valence-corrected chi connectivity index (χ2v) is 12.6. The summed E-state index contributed by atoms with van der Waals surface area (Å²) in [5.41, 5.74) is 5.68. The van der Waals surface area contributed by atoms with Crippen LogP contribution in [0, 0.1) is 11.3 Å². The predicted octanol–water partition coefficient (Wildman–Crippen LogP) is 8.64. The molecule has 1 unspecified atom stereocenters. The number of piperidine rings is 1. The van der Waals surface area contributed by atoms with Crippen LogP contribution in [-0.4, -0.2) is 35.9 Å². The van der Waals surface area contributed by atoms with Gasteiger partial charge in [-0.05, 0) is 81.0 Å². The van der Waals surface area contributed by atoms with Crippen molar-refractivity contribution in [2.75, 3.05) is 13.1 Å². The van der Waals surface area contributed by atoms with Crippen molar-refractivity contribution in [1.29, 1.82) is 0 Å².